The molecule has 0 spiro atoms. The highest BCUT2D eigenvalue weighted by atomic mass is 16.5. The predicted molar refractivity (Wildman–Crippen MR) is 150 cm³/mol. The number of hydrogen-bond donors (Lipinski definition) is 3. The standard InChI is InChI=1S/C32H29N3O4/c36-23-35(22-26-12-8-15-28(20-26)27-13-5-2-6-14-27)31(32(38)33-21-25-9-3-1-4-10-25)29-16-7-11-24(19-29)17-18-30(37)34-39/h1-20,23,31,39H,21-22H2,(H,33,38)(H,34,37)/b18-17+. The molecular formula is C32H29N3O4. The zero-order chi connectivity index (χ0) is 27.5. The molecule has 4 aromatic carbocycles. The van der Waals surface area contributed by atoms with Crippen LogP contribution in [-0.4, -0.2) is 28.3 Å². The summed E-state index contributed by atoms with van der Waals surface area (Å²) in [6, 6.07) is 33.5. The van der Waals surface area contributed by atoms with Gasteiger partial charge in [-0.15, -0.1) is 0 Å². The average molecular weight is 520 g/mol. The van der Waals surface area contributed by atoms with Crippen molar-refractivity contribution >= 4 is 24.3 Å². The molecule has 7 nitrogen and oxygen atoms in total. The topological polar surface area (TPSA) is 98.7 Å². The molecule has 196 valence electrons. The van der Waals surface area contributed by atoms with Gasteiger partial charge < -0.3 is 10.2 Å². The van der Waals surface area contributed by atoms with Crippen molar-refractivity contribution in [2.24, 2.45) is 0 Å². The van der Waals surface area contributed by atoms with Gasteiger partial charge >= 0.3 is 0 Å². The maximum atomic E-state index is 13.6. The molecule has 0 aliphatic carbocycles. The summed E-state index contributed by atoms with van der Waals surface area (Å²) in [5.74, 6) is -1.01. The SMILES string of the molecule is O=CN(Cc1cccc(-c2ccccc2)c1)C(C(=O)NCc1ccccc1)c1cccc(/C=C/C(=O)NO)c1. The summed E-state index contributed by atoms with van der Waals surface area (Å²) < 4.78 is 0. The Morgan fingerprint density at radius 2 is 1.46 bits per heavy atom. The molecule has 0 radical (unpaired) electrons. The Balaban J connectivity index is 1.64. The lowest BCUT2D eigenvalue weighted by molar-refractivity contribution is -0.133. The number of amides is 3. The number of nitrogens with zero attached hydrogens (tertiary/aromatic N) is 1. The van der Waals surface area contributed by atoms with Crippen LogP contribution >= 0.6 is 0 Å². The van der Waals surface area contributed by atoms with E-state index in [9.17, 15) is 14.4 Å². The first-order chi connectivity index (χ1) is 19.1. The van der Waals surface area contributed by atoms with Gasteiger partial charge in [-0.05, 0) is 51.6 Å². The average Bonchev–Trinajstić information content (AvgIpc) is 2.99. The first kappa shape index (κ1) is 27.0. The van der Waals surface area contributed by atoms with Crippen LogP contribution in [0.5, 0.6) is 0 Å². The highest BCUT2D eigenvalue weighted by Gasteiger charge is 2.27. The zero-order valence-corrected chi connectivity index (χ0v) is 21.2. The fourth-order valence-electron chi connectivity index (χ4n) is 4.30. The van der Waals surface area contributed by atoms with Crippen LogP contribution in [0.1, 0.15) is 28.3 Å². The highest BCUT2D eigenvalue weighted by Crippen LogP contribution is 2.26. The molecule has 39 heavy (non-hydrogen) atoms. The van der Waals surface area contributed by atoms with Crippen LogP contribution in [0, 0.1) is 0 Å². The van der Waals surface area contributed by atoms with E-state index >= 15 is 0 Å². The summed E-state index contributed by atoms with van der Waals surface area (Å²) in [7, 11) is 0. The molecule has 1 unspecified atom stereocenters. The molecule has 1 atom stereocenters. The number of nitrogens with one attached hydrogen (secondary N) is 2. The van der Waals surface area contributed by atoms with Crippen molar-refractivity contribution in [1.82, 2.24) is 15.7 Å². The van der Waals surface area contributed by atoms with Gasteiger partial charge in [-0.1, -0.05) is 97.1 Å². The number of hydroxylamine groups is 1. The van der Waals surface area contributed by atoms with Gasteiger partial charge in [0.2, 0.25) is 12.3 Å². The highest BCUT2D eigenvalue weighted by molar-refractivity contribution is 5.91. The first-order valence-electron chi connectivity index (χ1n) is 12.5. The van der Waals surface area contributed by atoms with Crippen molar-refractivity contribution in [3.05, 3.63) is 138 Å². The van der Waals surface area contributed by atoms with Crippen molar-refractivity contribution in [3.63, 3.8) is 0 Å². The van der Waals surface area contributed by atoms with E-state index in [4.69, 9.17) is 5.21 Å². The zero-order valence-electron chi connectivity index (χ0n) is 21.2. The lowest BCUT2D eigenvalue weighted by Crippen LogP contribution is -2.39. The molecule has 0 bridgehead atoms. The predicted octanol–water partition coefficient (Wildman–Crippen LogP) is 4.89. The van der Waals surface area contributed by atoms with E-state index in [1.54, 1.807) is 29.7 Å². The van der Waals surface area contributed by atoms with E-state index in [1.165, 1.54) is 17.1 Å². The monoisotopic (exact) mass is 519 g/mol. The Morgan fingerprint density at radius 3 is 2.18 bits per heavy atom. The van der Waals surface area contributed by atoms with E-state index < -0.39 is 11.9 Å². The summed E-state index contributed by atoms with van der Waals surface area (Å²) in [5, 5.41) is 11.7. The molecule has 0 saturated carbocycles. The van der Waals surface area contributed by atoms with E-state index in [-0.39, 0.29) is 12.5 Å². The van der Waals surface area contributed by atoms with Crippen LogP contribution in [0.3, 0.4) is 0 Å². The Hall–Kier alpha value is -5.01. The number of carbonyl (C=O) groups is 3. The van der Waals surface area contributed by atoms with Crippen molar-refractivity contribution in [2.75, 3.05) is 0 Å². The van der Waals surface area contributed by atoms with Crippen LogP contribution in [0.2, 0.25) is 0 Å². The molecule has 0 heterocycles. The van der Waals surface area contributed by atoms with Gasteiger partial charge in [0.15, 0.2) is 0 Å². The smallest absolute Gasteiger partial charge is 0.267 e. The number of carbonyl (C=O) groups excluding carboxylic acids is 3. The van der Waals surface area contributed by atoms with E-state index in [1.807, 2.05) is 84.9 Å². The van der Waals surface area contributed by atoms with Gasteiger partial charge in [0.05, 0.1) is 0 Å². The molecule has 0 aromatic heterocycles. The lowest BCUT2D eigenvalue weighted by Gasteiger charge is -2.28. The second-order valence-electron chi connectivity index (χ2n) is 8.93. The van der Waals surface area contributed by atoms with Crippen LogP contribution < -0.4 is 10.8 Å². The summed E-state index contributed by atoms with van der Waals surface area (Å²) in [6.45, 7) is 0.517. The quantitative estimate of drug-likeness (QED) is 0.114. The fraction of sp³-hybridized carbons (Fsp3) is 0.0938. The maximum Gasteiger partial charge on any atom is 0.267 e. The third-order valence-corrected chi connectivity index (χ3v) is 6.19. The van der Waals surface area contributed by atoms with Crippen LogP contribution in [-0.2, 0) is 27.5 Å². The molecule has 3 N–H and O–H groups in total. The molecule has 4 aromatic rings. The van der Waals surface area contributed by atoms with Gasteiger partial charge in [-0.3, -0.25) is 19.6 Å². The second-order valence-corrected chi connectivity index (χ2v) is 8.93. The number of benzene rings is 4. The minimum Gasteiger partial charge on any atom is -0.350 e. The maximum absolute atomic E-state index is 13.6. The Kier molecular flexibility index (Phi) is 9.37. The summed E-state index contributed by atoms with van der Waals surface area (Å²) in [5.41, 5.74) is 6.64. The van der Waals surface area contributed by atoms with Gasteiger partial charge in [0, 0.05) is 19.2 Å². The minimum atomic E-state index is -0.924. The van der Waals surface area contributed by atoms with Crippen LogP contribution in [0.15, 0.2) is 115 Å². The molecule has 0 aliphatic rings. The second kappa shape index (κ2) is 13.5. The normalized spacial score (nSPS) is 11.5. The van der Waals surface area contributed by atoms with E-state index in [0.29, 0.717) is 24.1 Å². The molecular weight excluding hydrogens is 490 g/mol. The van der Waals surface area contributed by atoms with E-state index in [0.717, 1.165) is 22.3 Å². The number of rotatable bonds is 11. The van der Waals surface area contributed by atoms with Crippen molar-refractivity contribution in [1.29, 1.82) is 0 Å². The largest absolute Gasteiger partial charge is 0.350 e. The molecule has 0 fully saturated rings. The minimum absolute atomic E-state index is 0.209. The fourth-order valence-corrected chi connectivity index (χ4v) is 4.30. The van der Waals surface area contributed by atoms with Crippen molar-refractivity contribution in [2.45, 2.75) is 19.1 Å². The van der Waals surface area contributed by atoms with Crippen molar-refractivity contribution < 1.29 is 19.6 Å². The summed E-state index contributed by atoms with van der Waals surface area (Å²) in [6.07, 6.45) is 3.38. The van der Waals surface area contributed by atoms with Crippen molar-refractivity contribution in [3.8, 4) is 11.1 Å². The Labute approximate surface area is 227 Å². The van der Waals surface area contributed by atoms with Crippen LogP contribution in [0.25, 0.3) is 17.2 Å². The first-order valence-corrected chi connectivity index (χ1v) is 12.5. The van der Waals surface area contributed by atoms with Gasteiger partial charge in [-0.2, -0.15) is 0 Å². The van der Waals surface area contributed by atoms with Gasteiger partial charge in [0.1, 0.15) is 6.04 Å². The summed E-state index contributed by atoms with van der Waals surface area (Å²) in [4.78, 5) is 39.0. The Morgan fingerprint density at radius 1 is 0.795 bits per heavy atom. The lowest BCUT2D eigenvalue weighted by atomic mass is 9.99. The Bertz CT molecular complexity index is 1440. The third kappa shape index (κ3) is 7.50. The van der Waals surface area contributed by atoms with Gasteiger partial charge in [-0.25, -0.2) is 5.48 Å². The molecule has 7 heteroatoms. The summed E-state index contributed by atoms with van der Waals surface area (Å²) >= 11 is 0. The molecule has 3 amide bonds. The molecule has 0 saturated heterocycles. The van der Waals surface area contributed by atoms with Crippen LogP contribution in [0.4, 0.5) is 0 Å². The number of hydrogen-bond acceptors (Lipinski definition) is 4. The van der Waals surface area contributed by atoms with Gasteiger partial charge in [0.25, 0.3) is 5.91 Å². The third-order valence-electron chi connectivity index (χ3n) is 6.19. The molecule has 4 rings (SSSR count). The van der Waals surface area contributed by atoms with E-state index in [2.05, 4.69) is 5.32 Å². The molecule has 0 aliphatic heterocycles.